The van der Waals surface area contributed by atoms with Gasteiger partial charge in [0.15, 0.2) is 0 Å². The first-order valence-corrected chi connectivity index (χ1v) is 7.42. The van der Waals surface area contributed by atoms with Gasteiger partial charge in [0.05, 0.1) is 6.61 Å². The summed E-state index contributed by atoms with van der Waals surface area (Å²) in [4.78, 5) is 8.60. The highest BCUT2D eigenvalue weighted by Crippen LogP contribution is 2.24. The van der Waals surface area contributed by atoms with Crippen LogP contribution in [-0.4, -0.2) is 30.2 Å². The Bertz CT molecular complexity index is 590. The van der Waals surface area contributed by atoms with Gasteiger partial charge in [0.2, 0.25) is 5.95 Å². The lowest BCUT2D eigenvalue weighted by atomic mass is 9.87. The molecule has 5 nitrogen and oxygen atoms in total. The van der Waals surface area contributed by atoms with Gasteiger partial charge in [-0.05, 0) is 29.2 Å². The summed E-state index contributed by atoms with van der Waals surface area (Å²) in [5.74, 6) is 1.35. The van der Waals surface area contributed by atoms with E-state index in [0.717, 1.165) is 11.5 Å². The van der Waals surface area contributed by atoms with Crippen molar-refractivity contribution in [1.82, 2.24) is 9.97 Å². The summed E-state index contributed by atoms with van der Waals surface area (Å²) in [6, 6.07) is 10.3. The summed E-state index contributed by atoms with van der Waals surface area (Å²) in [5.41, 5.74) is 2.48. The van der Waals surface area contributed by atoms with Crippen LogP contribution in [0.15, 0.2) is 36.5 Å². The average molecular weight is 300 g/mol. The van der Waals surface area contributed by atoms with E-state index in [-0.39, 0.29) is 5.41 Å². The van der Waals surface area contributed by atoms with Crippen LogP contribution < -0.4 is 10.6 Å². The third-order valence-corrected chi connectivity index (χ3v) is 3.27. The maximum absolute atomic E-state index is 4.99. The second kappa shape index (κ2) is 7.22. The van der Waals surface area contributed by atoms with E-state index in [4.69, 9.17) is 4.74 Å². The van der Waals surface area contributed by atoms with Gasteiger partial charge >= 0.3 is 0 Å². The summed E-state index contributed by atoms with van der Waals surface area (Å²) < 4.78 is 4.99. The number of methoxy groups -OCH3 is 1. The van der Waals surface area contributed by atoms with Gasteiger partial charge in [-0.1, -0.05) is 32.9 Å². The van der Waals surface area contributed by atoms with E-state index in [9.17, 15) is 0 Å². The fourth-order valence-electron chi connectivity index (χ4n) is 1.98. The molecular formula is C17H24N4O. The topological polar surface area (TPSA) is 59.1 Å². The Morgan fingerprint density at radius 2 is 1.82 bits per heavy atom. The van der Waals surface area contributed by atoms with Gasteiger partial charge < -0.3 is 15.4 Å². The summed E-state index contributed by atoms with van der Waals surface area (Å²) in [6.45, 7) is 7.92. The van der Waals surface area contributed by atoms with Crippen molar-refractivity contribution in [3.8, 4) is 0 Å². The van der Waals surface area contributed by atoms with E-state index >= 15 is 0 Å². The Morgan fingerprint density at radius 1 is 1.09 bits per heavy atom. The zero-order valence-corrected chi connectivity index (χ0v) is 13.7. The number of nitrogens with zero attached hydrogens (tertiary/aromatic N) is 2. The molecule has 0 atom stereocenters. The highest BCUT2D eigenvalue weighted by Gasteiger charge is 2.12. The molecule has 2 N–H and O–H groups in total. The van der Waals surface area contributed by atoms with Crippen molar-refractivity contribution in [2.24, 2.45) is 0 Å². The maximum Gasteiger partial charge on any atom is 0.224 e. The normalized spacial score (nSPS) is 11.3. The van der Waals surface area contributed by atoms with Crippen molar-refractivity contribution in [3.63, 3.8) is 0 Å². The Hall–Kier alpha value is -2.14. The second-order valence-electron chi connectivity index (χ2n) is 6.14. The van der Waals surface area contributed by atoms with Crippen LogP contribution in [0.3, 0.4) is 0 Å². The number of nitrogens with one attached hydrogen (secondary N) is 2. The Kier molecular flexibility index (Phi) is 5.33. The molecule has 0 amide bonds. The number of ether oxygens (including phenoxy) is 1. The van der Waals surface area contributed by atoms with Gasteiger partial charge in [-0.15, -0.1) is 0 Å². The predicted octanol–water partition coefficient (Wildman–Crippen LogP) is 3.58. The van der Waals surface area contributed by atoms with Crippen molar-refractivity contribution in [2.45, 2.75) is 26.2 Å². The van der Waals surface area contributed by atoms with E-state index < -0.39 is 0 Å². The predicted molar refractivity (Wildman–Crippen MR) is 90.8 cm³/mol. The molecule has 22 heavy (non-hydrogen) atoms. The molecule has 0 spiro atoms. The first kappa shape index (κ1) is 16.2. The van der Waals surface area contributed by atoms with Gasteiger partial charge in [0, 0.05) is 25.5 Å². The molecule has 1 aromatic heterocycles. The number of hydrogen-bond acceptors (Lipinski definition) is 5. The molecule has 0 bridgehead atoms. The van der Waals surface area contributed by atoms with Crippen LogP contribution in [0.4, 0.5) is 17.5 Å². The fraction of sp³-hybridized carbons (Fsp3) is 0.412. The van der Waals surface area contributed by atoms with E-state index in [2.05, 4.69) is 65.6 Å². The molecule has 1 aromatic carbocycles. The lowest BCUT2D eigenvalue weighted by molar-refractivity contribution is 0.210. The lowest BCUT2D eigenvalue weighted by Crippen LogP contribution is -2.11. The van der Waals surface area contributed by atoms with Gasteiger partial charge in [0.1, 0.15) is 5.82 Å². The minimum absolute atomic E-state index is 0.159. The standard InChI is InChI=1S/C17H24N4O/c1-17(2,3)13-5-7-14(8-6-13)20-15-9-10-18-16(21-15)19-11-12-22-4/h5-10H,11-12H2,1-4H3,(H2,18,19,20,21). The van der Waals surface area contributed by atoms with Crippen LogP contribution in [0.5, 0.6) is 0 Å². The minimum atomic E-state index is 0.159. The van der Waals surface area contributed by atoms with Crippen LogP contribution >= 0.6 is 0 Å². The van der Waals surface area contributed by atoms with Crippen LogP contribution in [0.2, 0.25) is 0 Å². The fourth-order valence-corrected chi connectivity index (χ4v) is 1.98. The molecule has 2 rings (SSSR count). The number of benzene rings is 1. The van der Waals surface area contributed by atoms with Crippen molar-refractivity contribution in [3.05, 3.63) is 42.1 Å². The second-order valence-corrected chi connectivity index (χ2v) is 6.14. The highest BCUT2D eigenvalue weighted by atomic mass is 16.5. The molecule has 5 heteroatoms. The molecule has 0 saturated carbocycles. The maximum atomic E-state index is 4.99. The molecule has 0 aliphatic carbocycles. The van der Waals surface area contributed by atoms with E-state index in [0.29, 0.717) is 19.1 Å². The first-order valence-electron chi connectivity index (χ1n) is 7.42. The molecule has 0 radical (unpaired) electrons. The Balaban J connectivity index is 2.02. The average Bonchev–Trinajstić information content (AvgIpc) is 2.48. The smallest absolute Gasteiger partial charge is 0.224 e. The van der Waals surface area contributed by atoms with Gasteiger partial charge in [-0.2, -0.15) is 4.98 Å². The molecule has 1 heterocycles. The monoisotopic (exact) mass is 300 g/mol. The number of aromatic nitrogens is 2. The molecule has 0 unspecified atom stereocenters. The molecule has 118 valence electrons. The molecule has 2 aromatic rings. The van der Waals surface area contributed by atoms with Crippen molar-refractivity contribution in [1.29, 1.82) is 0 Å². The lowest BCUT2D eigenvalue weighted by Gasteiger charge is -2.19. The van der Waals surface area contributed by atoms with E-state index in [1.165, 1.54) is 5.56 Å². The van der Waals surface area contributed by atoms with E-state index in [1.54, 1.807) is 13.3 Å². The largest absolute Gasteiger partial charge is 0.383 e. The molecule has 0 saturated heterocycles. The summed E-state index contributed by atoms with van der Waals surface area (Å²) in [6.07, 6.45) is 1.73. The molecule has 0 fully saturated rings. The minimum Gasteiger partial charge on any atom is -0.383 e. The molecule has 0 aliphatic heterocycles. The Morgan fingerprint density at radius 3 is 2.45 bits per heavy atom. The van der Waals surface area contributed by atoms with Crippen LogP contribution in [-0.2, 0) is 10.2 Å². The third kappa shape index (κ3) is 4.70. The summed E-state index contributed by atoms with van der Waals surface area (Å²) in [7, 11) is 1.67. The highest BCUT2D eigenvalue weighted by molar-refractivity contribution is 5.57. The van der Waals surface area contributed by atoms with Gasteiger partial charge in [0.25, 0.3) is 0 Å². The van der Waals surface area contributed by atoms with Gasteiger partial charge in [-0.25, -0.2) is 4.98 Å². The summed E-state index contributed by atoms with van der Waals surface area (Å²) >= 11 is 0. The van der Waals surface area contributed by atoms with Crippen LogP contribution in [0.1, 0.15) is 26.3 Å². The van der Waals surface area contributed by atoms with Crippen LogP contribution in [0.25, 0.3) is 0 Å². The zero-order valence-electron chi connectivity index (χ0n) is 13.7. The van der Waals surface area contributed by atoms with Gasteiger partial charge in [-0.3, -0.25) is 0 Å². The quantitative estimate of drug-likeness (QED) is 0.799. The Labute approximate surface area is 132 Å². The van der Waals surface area contributed by atoms with E-state index in [1.807, 2.05) is 6.07 Å². The molecular weight excluding hydrogens is 276 g/mol. The SMILES string of the molecule is COCCNc1nccc(Nc2ccc(C(C)(C)C)cc2)n1. The number of anilines is 3. The van der Waals surface area contributed by atoms with Crippen molar-refractivity contribution >= 4 is 17.5 Å². The number of hydrogen-bond donors (Lipinski definition) is 2. The summed E-state index contributed by atoms with van der Waals surface area (Å²) in [5, 5.41) is 6.40. The van der Waals surface area contributed by atoms with Crippen molar-refractivity contribution < 1.29 is 4.74 Å². The third-order valence-electron chi connectivity index (χ3n) is 3.27. The number of rotatable bonds is 6. The molecule has 0 aliphatic rings. The van der Waals surface area contributed by atoms with Crippen LogP contribution in [0, 0.1) is 0 Å². The first-order chi connectivity index (χ1) is 10.5. The zero-order chi connectivity index (χ0) is 16.0. The van der Waals surface area contributed by atoms with Crippen molar-refractivity contribution in [2.75, 3.05) is 30.9 Å².